The smallest absolute Gasteiger partial charge is 0.336 e. The molecule has 2 aromatic rings. The van der Waals surface area contributed by atoms with Crippen LogP contribution in [0.25, 0.3) is 11.0 Å². The molecule has 0 bridgehead atoms. The Morgan fingerprint density at radius 3 is 2.71 bits per heavy atom. The lowest BCUT2D eigenvalue weighted by Gasteiger charge is -2.27. The normalized spacial score (nSPS) is 22.6. The van der Waals surface area contributed by atoms with E-state index in [1.54, 1.807) is 11.0 Å². The summed E-state index contributed by atoms with van der Waals surface area (Å²) in [6.45, 7) is 7.82. The third-order valence-corrected chi connectivity index (χ3v) is 4.72. The van der Waals surface area contributed by atoms with Crippen LogP contribution < -0.4 is 10.5 Å². The van der Waals surface area contributed by atoms with Gasteiger partial charge in [-0.2, -0.15) is 0 Å². The number of quaternary nitrogens is 1. The van der Waals surface area contributed by atoms with E-state index in [4.69, 9.17) is 4.42 Å². The van der Waals surface area contributed by atoms with Crippen LogP contribution in [-0.4, -0.2) is 13.1 Å². The first-order valence-corrected chi connectivity index (χ1v) is 8.05. The summed E-state index contributed by atoms with van der Waals surface area (Å²) < 4.78 is 5.34. The minimum absolute atomic E-state index is 0.230. The van der Waals surface area contributed by atoms with Gasteiger partial charge >= 0.3 is 5.63 Å². The predicted octanol–water partition coefficient (Wildman–Crippen LogP) is 2.17. The predicted molar refractivity (Wildman–Crippen MR) is 84.7 cm³/mol. The zero-order chi connectivity index (χ0) is 14.8. The van der Waals surface area contributed by atoms with Crippen LogP contribution in [0.3, 0.4) is 0 Å². The molecule has 0 atom stereocenters. The highest BCUT2D eigenvalue weighted by Crippen LogP contribution is 2.19. The van der Waals surface area contributed by atoms with E-state index >= 15 is 0 Å². The number of benzene rings is 1. The second-order valence-electron chi connectivity index (χ2n) is 6.38. The van der Waals surface area contributed by atoms with Gasteiger partial charge in [0.25, 0.3) is 0 Å². The Hall–Kier alpha value is -1.61. The summed E-state index contributed by atoms with van der Waals surface area (Å²) in [5.74, 6) is 0.845. The highest BCUT2D eigenvalue weighted by Gasteiger charge is 2.20. The van der Waals surface area contributed by atoms with Gasteiger partial charge in [0.15, 0.2) is 0 Å². The van der Waals surface area contributed by atoms with Crippen molar-refractivity contribution in [3.8, 4) is 0 Å². The Kier molecular flexibility index (Phi) is 4.11. The number of rotatable bonds is 3. The molecular formula is C18H24NO2+. The van der Waals surface area contributed by atoms with E-state index in [2.05, 4.69) is 19.9 Å². The van der Waals surface area contributed by atoms with Crippen molar-refractivity contribution < 1.29 is 9.32 Å². The Balaban J connectivity index is 1.94. The van der Waals surface area contributed by atoms with E-state index in [-0.39, 0.29) is 5.63 Å². The van der Waals surface area contributed by atoms with Crippen molar-refractivity contribution in [3.05, 3.63) is 45.8 Å². The van der Waals surface area contributed by atoms with Gasteiger partial charge in [-0.25, -0.2) is 4.79 Å². The van der Waals surface area contributed by atoms with Crippen LogP contribution in [0.15, 0.2) is 33.5 Å². The third-order valence-electron chi connectivity index (χ3n) is 4.72. The molecule has 0 spiro atoms. The van der Waals surface area contributed by atoms with Gasteiger partial charge in [0.2, 0.25) is 0 Å². The van der Waals surface area contributed by atoms with Crippen LogP contribution in [0.1, 0.15) is 37.8 Å². The van der Waals surface area contributed by atoms with Crippen molar-refractivity contribution in [2.24, 2.45) is 5.92 Å². The molecule has 0 unspecified atom stereocenters. The molecule has 1 N–H and O–H groups in total. The molecule has 1 aliphatic heterocycles. The largest absolute Gasteiger partial charge is 0.423 e. The average Bonchev–Trinajstić information content (AvgIpc) is 2.49. The van der Waals surface area contributed by atoms with Crippen LogP contribution in [0.2, 0.25) is 0 Å². The second-order valence-corrected chi connectivity index (χ2v) is 6.38. The molecule has 21 heavy (non-hydrogen) atoms. The SMILES string of the molecule is CCc1ccc2oc(=O)cc(C[NH+]3CCC(C)CC3)c2c1. The topological polar surface area (TPSA) is 34.6 Å². The minimum atomic E-state index is -0.230. The lowest BCUT2D eigenvalue weighted by Crippen LogP contribution is -3.11. The van der Waals surface area contributed by atoms with Crippen LogP contribution >= 0.6 is 0 Å². The van der Waals surface area contributed by atoms with Gasteiger partial charge in [-0.3, -0.25) is 0 Å². The van der Waals surface area contributed by atoms with Crippen molar-refractivity contribution in [1.82, 2.24) is 0 Å². The molecule has 3 rings (SSSR count). The quantitative estimate of drug-likeness (QED) is 0.878. The summed E-state index contributed by atoms with van der Waals surface area (Å²) in [6, 6.07) is 7.85. The Labute approximate surface area is 125 Å². The molecule has 0 amide bonds. The summed E-state index contributed by atoms with van der Waals surface area (Å²) in [5, 5.41) is 1.11. The maximum Gasteiger partial charge on any atom is 0.336 e. The molecule has 1 fully saturated rings. The van der Waals surface area contributed by atoms with Crippen LogP contribution in [0.4, 0.5) is 0 Å². The van der Waals surface area contributed by atoms with Gasteiger partial charge in [-0.1, -0.05) is 19.9 Å². The molecule has 2 heterocycles. The van der Waals surface area contributed by atoms with Crippen LogP contribution in [-0.2, 0) is 13.0 Å². The number of aryl methyl sites for hydroxylation is 1. The fraction of sp³-hybridized carbons (Fsp3) is 0.500. The van der Waals surface area contributed by atoms with Gasteiger partial charge < -0.3 is 9.32 Å². The highest BCUT2D eigenvalue weighted by molar-refractivity contribution is 5.80. The van der Waals surface area contributed by atoms with Crippen LogP contribution in [0.5, 0.6) is 0 Å². The van der Waals surface area contributed by atoms with Crippen molar-refractivity contribution in [3.63, 3.8) is 0 Å². The van der Waals surface area contributed by atoms with Crippen molar-refractivity contribution in [2.75, 3.05) is 13.1 Å². The van der Waals surface area contributed by atoms with Gasteiger partial charge in [0.1, 0.15) is 12.1 Å². The van der Waals surface area contributed by atoms with Gasteiger partial charge in [0, 0.05) is 17.0 Å². The third kappa shape index (κ3) is 3.18. The van der Waals surface area contributed by atoms with Gasteiger partial charge in [0.05, 0.1) is 13.1 Å². The van der Waals surface area contributed by atoms with E-state index in [9.17, 15) is 4.79 Å². The summed E-state index contributed by atoms with van der Waals surface area (Å²) in [6.07, 6.45) is 3.58. The standard InChI is InChI=1S/C18H23NO2/c1-3-14-4-5-17-16(10-14)15(11-18(20)21-17)12-19-8-6-13(2)7-9-19/h4-5,10-11,13H,3,6-9,12H2,1-2H3/p+1. The summed E-state index contributed by atoms with van der Waals surface area (Å²) in [4.78, 5) is 13.4. The molecule has 1 aliphatic rings. The van der Waals surface area contributed by atoms with Gasteiger partial charge in [-0.15, -0.1) is 0 Å². The molecular weight excluding hydrogens is 262 g/mol. The first-order valence-electron chi connectivity index (χ1n) is 8.05. The summed E-state index contributed by atoms with van der Waals surface area (Å²) in [5.41, 5.74) is 2.92. The molecule has 1 saturated heterocycles. The molecule has 0 saturated carbocycles. The number of hydrogen-bond donors (Lipinski definition) is 1. The Morgan fingerprint density at radius 2 is 2.00 bits per heavy atom. The second kappa shape index (κ2) is 6.02. The molecule has 3 heteroatoms. The van der Waals surface area contributed by atoms with E-state index in [0.717, 1.165) is 35.4 Å². The van der Waals surface area contributed by atoms with Crippen molar-refractivity contribution in [2.45, 2.75) is 39.7 Å². The van der Waals surface area contributed by atoms with Gasteiger partial charge in [-0.05, 0) is 42.9 Å². The maximum absolute atomic E-state index is 11.8. The number of nitrogens with one attached hydrogen (secondary N) is 1. The van der Waals surface area contributed by atoms with E-state index in [0.29, 0.717) is 0 Å². The Morgan fingerprint density at radius 1 is 1.24 bits per heavy atom. The average molecular weight is 286 g/mol. The molecule has 0 radical (unpaired) electrons. The maximum atomic E-state index is 11.8. The zero-order valence-corrected chi connectivity index (χ0v) is 12.9. The summed E-state index contributed by atoms with van der Waals surface area (Å²) >= 11 is 0. The zero-order valence-electron chi connectivity index (χ0n) is 12.9. The fourth-order valence-electron chi connectivity index (χ4n) is 3.26. The highest BCUT2D eigenvalue weighted by atomic mass is 16.4. The number of likely N-dealkylation sites (tertiary alicyclic amines) is 1. The molecule has 1 aromatic carbocycles. The number of piperidine rings is 1. The van der Waals surface area contributed by atoms with E-state index in [1.165, 1.54) is 31.5 Å². The molecule has 112 valence electrons. The number of fused-ring (bicyclic) bond motifs is 1. The van der Waals surface area contributed by atoms with Crippen LogP contribution in [0, 0.1) is 5.92 Å². The molecule has 1 aromatic heterocycles. The lowest BCUT2D eigenvalue weighted by molar-refractivity contribution is -0.919. The number of hydrogen-bond acceptors (Lipinski definition) is 2. The molecule has 3 nitrogen and oxygen atoms in total. The first kappa shape index (κ1) is 14.3. The summed E-state index contributed by atoms with van der Waals surface area (Å²) in [7, 11) is 0. The first-order chi connectivity index (χ1) is 10.2. The fourth-order valence-corrected chi connectivity index (χ4v) is 3.26. The van der Waals surface area contributed by atoms with E-state index in [1.807, 2.05) is 12.1 Å². The monoisotopic (exact) mass is 286 g/mol. The molecule has 0 aliphatic carbocycles. The van der Waals surface area contributed by atoms with Crippen molar-refractivity contribution >= 4 is 11.0 Å². The Bertz CT molecular complexity index is 681. The minimum Gasteiger partial charge on any atom is -0.423 e. The van der Waals surface area contributed by atoms with E-state index < -0.39 is 0 Å². The lowest BCUT2D eigenvalue weighted by atomic mass is 9.98. The van der Waals surface area contributed by atoms with Crippen molar-refractivity contribution in [1.29, 1.82) is 0 Å².